The van der Waals surface area contributed by atoms with Crippen LogP contribution in [0.3, 0.4) is 0 Å². The average Bonchev–Trinajstić information content (AvgIpc) is 2.47. The van der Waals surface area contributed by atoms with E-state index >= 15 is 0 Å². The molecule has 0 unspecified atom stereocenters. The fourth-order valence-electron chi connectivity index (χ4n) is 1.73. The van der Waals surface area contributed by atoms with Gasteiger partial charge in [-0.2, -0.15) is 0 Å². The highest BCUT2D eigenvalue weighted by Gasteiger charge is 2.09. The summed E-state index contributed by atoms with van der Waals surface area (Å²) in [5, 5.41) is 3.17. The molecule has 2 heterocycles. The largest absolute Gasteiger partial charge is 0.378 e. The minimum atomic E-state index is -3.30. The van der Waals surface area contributed by atoms with Crippen LogP contribution in [0.5, 0.6) is 0 Å². The number of rotatable bonds is 7. The molecule has 6 nitrogen and oxygen atoms in total. The van der Waals surface area contributed by atoms with Gasteiger partial charge in [-0.05, 0) is 30.7 Å². The molecule has 0 radical (unpaired) electrons. The van der Waals surface area contributed by atoms with Gasteiger partial charge in [-0.1, -0.05) is 13.0 Å². The quantitative estimate of drug-likeness (QED) is 0.819. The van der Waals surface area contributed by atoms with E-state index in [1.807, 2.05) is 25.1 Å². The van der Waals surface area contributed by atoms with Gasteiger partial charge in [0.2, 0.25) is 10.0 Å². The second kappa shape index (κ2) is 7.03. The number of nitrogens with one attached hydrogen (secondary N) is 2. The maximum atomic E-state index is 11.6. The van der Waals surface area contributed by atoms with Gasteiger partial charge in [-0.25, -0.2) is 13.4 Å². The van der Waals surface area contributed by atoms with Gasteiger partial charge in [-0.3, -0.25) is 9.71 Å². The van der Waals surface area contributed by atoms with E-state index in [9.17, 15) is 8.42 Å². The molecule has 0 amide bonds. The molecule has 112 valence electrons. The van der Waals surface area contributed by atoms with E-state index in [0.29, 0.717) is 18.8 Å². The third kappa shape index (κ3) is 5.03. The second-order valence-electron chi connectivity index (χ2n) is 4.53. The lowest BCUT2D eigenvalue weighted by atomic mass is 10.3. The minimum absolute atomic E-state index is 0.0916. The standard InChI is InChI=1S/C14H18N4O2S/c1-2-9-21(19,20)18-14-7-6-13(11-17-14)16-10-12-5-3-4-8-15-12/h3-8,11,16H,2,9-10H2,1H3,(H,17,18). The molecule has 0 aliphatic rings. The Morgan fingerprint density at radius 3 is 2.62 bits per heavy atom. The number of aromatic nitrogens is 2. The first-order valence-electron chi connectivity index (χ1n) is 6.69. The monoisotopic (exact) mass is 306 g/mol. The average molecular weight is 306 g/mol. The highest BCUT2D eigenvalue weighted by Crippen LogP contribution is 2.12. The van der Waals surface area contributed by atoms with Crippen molar-refractivity contribution in [1.82, 2.24) is 9.97 Å². The van der Waals surface area contributed by atoms with Crippen LogP contribution in [0.1, 0.15) is 19.0 Å². The Bertz CT molecular complexity index is 657. The summed E-state index contributed by atoms with van der Waals surface area (Å²) in [5.41, 5.74) is 1.73. The van der Waals surface area contributed by atoms with Crippen molar-refractivity contribution in [2.24, 2.45) is 0 Å². The lowest BCUT2D eigenvalue weighted by Gasteiger charge is -2.08. The summed E-state index contributed by atoms with van der Waals surface area (Å²) in [5.74, 6) is 0.417. The molecule has 21 heavy (non-hydrogen) atoms. The summed E-state index contributed by atoms with van der Waals surface area (Å²) in [7, 11) is -3.30. The van der Waals surface area contributed by atoms with Crippen LogP contribution in [-0.2, 0) is 16.6 Å². The number of sulfonamides is 1. The second-order valence-corrected chi connectivity index (χ2v) is 6.37. The van der Waals surface area contributed by atoms with Gasteiger partial charge in [0.25, 0.3) is 0 Å². The molecule has 0 saturated heterocycles. The molecule has 0 fully saturated rings. The van der Waals surface area contributed by atoms with Crippen LogP contribution in [0.2, 0.25) is 0 Å². The van der Waals surface area contributed by atoms with Crippen LogP contribution >= 0.6 is 0 Å². The number of pyridine rings is 2. The van der Waals surface area contributed by atoms with Crippen LogP contribution < -0.4 is 10.0 Å². The molecule has 0 saturated carbocycles. The Morgan fingerprint density at radius 1 is 1.14 bits per heavy atom. The Labute approximate surface area is 124 Å². The van der Waals surface area contributed by atoms with E-state index in [1.165, 1.54) is 0 Å². The Hall–Kier alpha value is -2.15. The van der Waals surface area contributed by atoms with Gasteiger partial charge in [0, 0.05) is 6.20 Å². The molecule has 2 N–H and O–H groups in total. The molecule has 0 spiro atoms. The molecule has 7 heteroatoms. The fourth-order valence-corrected chi connectivity index (χ4v) is 2.81. The van der Waals surface area contributed by atoms with E-state index in [1.54, 1.807) is 24.5 Å². The van der Waals surface area contributed by atoms with E-state index in [4.69, 9.17) is 0 Å². The minimum Gasteiger partial charge on any atom is -0.378 e. The Kier molecular flexibility index (Phi) is 5.10. The van der Waals surface area contributed by atoms with Gasteiger partial charge in [0.15, 0.2) is 0 Å². The summed E-state index contributed by atoms with van der Waals surface area (Å²) in [4.78, 5) is 8.29. The first-order chi connectivity index (χ1) is 10.1. The Balaban J connectivity index is 1.93. The van der Waals surface area contributed by atoms with Crippen molar-refractivity contribution in [2.75, 3.05) is 15.8 Å². The van der Waals surface area contributed by atoms with Gasteiger partial charge >= 0.3 is 0 Å². The van der Waals surface area contributed by atoms with E-state index in [2.05, 4.69) is 20.0 Å². The molecule has 0 aromatic carbocycles. The highest BCUT2D eigenvalue weighted by atomic mass is 32.2. The molecular weight excluding hydrogens is 288 g/mol. The van der Waals surface area contributed by atoms with Crippen molar-refractivity contribution in [3.05, 3.63) is 48.4 Å². The van der Waals surface area contributed by atoms with E-state index < -0.39 is 10.0 Å². The van der Waals surface area contributed by atoms with Crippen molar-refractivity contribution in [1.29, 1.82) is 0 Å². The van der Waals surface area contributed by atoms with Crippen molar-refractivity contribution >= 4 is 21.5 Å². The van der Waals surface area contributed by atoms with Crippen LogP contribution in [0.25, 0.3) is 0 Å². The number of anilines is 2. The van der Waals surface area contributed by atoms with Crippen LogP contribution in [0.15, 0.2) is 42.7 Å². The zero-order valence-electron chi connectivity index (χ0n) is 11.8. The molecule has 2 aromatic heterocycles. The van der Waals surface area contributed by atoms with Gasteiger partial charge < -0.3 is 5.32 Å². The molecule has 0 aliphatic heterocycles. The summed E-state index contributed by atoms with van der Waals surface area (Å²) in [6, 6.07) is 9.12. The first kappa shape index (κ1) is 15.2. The van der Waals surface area contributed by atoms with Crippen LogP contribution in [-0.4, -0.2) is 24.1 Å². The predicted octanol–water partition coefficient (Wildman–Crippen LogP) is 2.24. The van der Waals surface area contributed by atoms with Crippen LogP contribution in [0, 0.1) is 0 Å². The van der Waals surface area contributed by atoms with E-state index in [-0.39, 0.29) is 5.75 Å². The topological polar surface area (TPSA) is 84.0 Å². The SMILES string of the molecule is CCCS(=O)(=O)Nc1ccc(NCc2ccccn2)cn1. The number of hydrogen-bond acceptors (Lipinski definition) is 5. The molecule has 2 aromatic rings. The maximum absolute atomic E-state index is 11.6. The molecular formula is C14H18N4O2S. The summed E-state index contributed by atoms with van der Waals surface area (Å²) in [6.45, 7) is 2.40. The van der Waals surface area contributed by atoms with Gasteiger partial charge in [0.1, 0.15) is 5.82 Å². The molecule has 0 bridgehead atoms. The summed E-state index contributed by atoms with van der Waals surface area (Å²) < 4.78 is 25.7. The Morgan fingerprint density at radius 2 is 2.00 bits per heavy atom. The first-order valence-corrected chi connectivity index (χ1v) is 8.34. The van der Waals surface area contributed by atoms with E-state index in [0.717, 1.165) is 11.4 Å². The zero-order chi connectivity index (χ0) is 15.1. The highest BCUT2D eigenvalue weighted by molar-refractivity contribution is 7.92. The van der Waals surface area contributed by atoms with Crippen LogP contribution in [0.4, 0.5) is 11.5 Å². The number of hydrogen-bond donors (Lipinski definition) is 2. The van der Waals surface area contributed by atoms with Crippen molar-refractivity contribution in [2.45, 2.75) is 19.9 Å². The normalized spacial score (nSPS) is 11.1. The van der Waals surface area contributed by atoms with Crippen molar-refractivity contribution in [3.8, 4) is 0 Å². The van der Waals surface area contributed by atoms with Gasteiger partial charge in [-0.15, -0.1) is 0 Å². The summed E-state index contributed by atoms with van der Waals surface area (Å²) in [6.07, 6.45) is 3.90. The lowest BCUT2D eigenvalue weighted by Crippen LogP contribution is -2.16. The fraction of sp³-hybridized carbons (Fsp3) is 0.286. The third-order valence-corrected chi connectivity index (χ3v) is 4.16. The van der Waals surface area contributed by atoms with Crippen molar-refractivity contribution < 1.29 is 8.42 Å². The predicted molar refractivity (Wildman–Crippen MR) is 83.5 cm³/mol. The third-order valence-electron chi connectivity index (χ3n) is 2.70. The molecule has 2 rings (SSSR count). The maximum Gasteiger partial charge on any atom is 0.233 e. The molecule has 0 aliphatic carbocycles. The molecule has 0 atom stereocenters. The summed E-state index contributed by atoms with van der Waals surface area (Å²) >= 11 is 0. The lowest BCUT2D eigenvalue weighted by molar-refractivity contribution is 0.599. The smallest absolute Gasteiger partial charge is 0.233 e. The number of nitrogens with zero attached hydrogens (tertiary/aromatic N) is 2. The van der Waals surface area contributed by atoms with Gasteiger partial charge in [0.05, 0.1) is 29.9 Å². The zero-order valence-corrected chi connectivity index (χ0v) is 12.6. The van der Waals surface area contributed by atoms with Crippen molar-refractivity contribution in [3.63, 3.8) is 0 Å².